The first-order valence-corrected chi connectivity index (χ1v) is 8.55. The lowest BCUT2D eigenvalue weighted by Crippen LogP contribution is -2.44. The maximum absolute atomic E-state index is 12.8. The number of ether oxygens (including phenoxy) is 1. The van der Waals surface area contributed by atoms with Crippen molar-refractivity contribution < 1.29 is 23.1 Å². The smallest absolute Gasteiger partial charge is 0.419 e. The summed E-state index contributed by atoms with van der Waals surface area (Å²) in [6, 6.07) is 9.89. The summed E-state index contributed by atoms with van der Waals surface area (Å²) >= 11 is 5.85. The van der Waals surface area contributed by atoms with E-state index in [4.69, 9.17) is 20.8 Å². The Morgan fingerprint density at radius 1 is 1.11 bits per heavy atom. The molecule has 0 saturated heterocycles. The summed E-state index contributed by atoms with van der Waals surface area (Å²) in [5.74, 6) is -1.82. The van der Waals surface area contributed by atoms with Gasteiger partial charge in [-0.2, -0.15) is 0 Å². The van der Waals surface area contributed by atoms with Gasteiger partial charge in [0.2, 0.25) is 5.91 Å². The van der Waals surface area contributed by atoms with E-state index in [0.717, 1.165) is 0 Å². The highest BCUT2D eigenvalue weighted by molar-refractivity contribution is 6.31. The monoisotopic (exact) mass is 407 g/mol. The number of fused-ring (bicyclic) bond motifs is 1. The second kappa shape index (κ2) is 8.57. The first-order valence-electron chi connectivity index (χ1n) is 8.17. The number of nitrogens with zero attached hydrogens (tertiary/aromatic N) is 1. The molecule has 2 aromatic carbocycles. The number of rotatable bonds is 6. The first kappa shape index (κ1) is 19.4. The lowest BCUT2D eigenvalue weighted by atomic mass is 10.3. The van der Waals surface area contributed by atoms with Gasteiger partial charge < -0.3 is 9.15 Å². The van der Waals surface area contributed by atoms with Crippen molar-refractivity contribution in [3.63, 3.8) is 0 Å². The Hall–Kier alpha value is -3.33. The molecule has 0 radical (unpaired) electrons. The van der Waals surface area contributed by atoms with Crippen LogP contribution >= 0.6 is 11.6 Å². The van der Waals surface area contributed by atoms with Gasteiger partial charge in [0.05, 0.1) is 5.52 Å². The van der Waals surface area contributed by atoms with E-state index in [1.165, 1.54) is 34.9 Å². The molecule has 0 saturated carbocycles. The number of hydrazine groups is 1. The third-order valence-electron chi connectivity index (χ3n) is 3.72. The summed E-state index contributed by atoms with van der Waals surface area (Å²) in [4.78, 5) is 35.4. The van der Waals surface area contributed by atoms with Crippen LogP contribution in [0.15, 0.2) is 51.7 Å². The van der Waals surface area contributed by atoms with Gasteiger partial charge in [-0.3, -0.25) is 25.0 Å². The Bertz CT molecular complexity index is 1060. The number of carbonyl (C=O) groups is 2. The lowest BCUT2D eigenvalue weighted by Gasteiger charge is -2.09. The van der Waals surface area contributed by atoms with Gasteiger partial charge in [-0.15, -0.1) is 0 Å². The van der Waals surface area contributed by atoms with Crippen LogP contribution in [0.4, 0.5) is 4.39 Å². The van der Waals surface area contributed by atoms with Crippen molar-refractivity contribution >= 4 is 34.5 Å². The maximum atomic E-state index is 12.8. The standard InChI is InChI=1S/C18H15ClFN3O5/c19-11-1-6-14-15(9-11)28-18(26)23(14)8-7-16(24)21-22-17(25)10-27-13-4-2-12(20)3-5-13/h1-6,9H,7-8,10H2,(H,21,24)(H,22,25). The second-order valence-electron chi connectivity index (χ2n) is 5.72. The number of hydrogen-bond acceptors (Lipinski definition) is 5. The fourth-order valence-corrected chi connectivity index (χ4v) is 2.55. The molecule has 0 atom stereocenters. The zero-order chi connectivity index (χ0) is 20.1. The molecule has 1 aromatic heterocycles. The van der Waals surface area contributed by atoms with E-state index in [-0.39, 0.29) is 19.6 Å². The molecule has 0 fully saturated rings. The van der Waals surface area contributed by atoms with E-state index in [0.29, 0.717) is 21.9 Å². The van der Waals surface area contributed by atoms with Crippen molar-refractivity contribution in [2.45, 2.75) is 13.0 Å². The summed E-state index contributed by atoms with van der Waals surface area (Å²) in [6.45, 7) is -0.306. The maximum Gasteiger partial charge on any atom is 0.419 e. The molecule has 2 amide bonds. The number of hydrogen-bond donors (Lipinski definition) is 2. The molecular weight excluding hydrogens is 393 g/mol. The summed E-state index contributed by atoms with van der Waals surface area (Å²) in [5.41, 5.74) is 5.25. The zero-order valence-corrected chi connectivity index (χ0v) is 15.2. The number of benzene rings is 2. The summed E-state index contributed by atoms with van der Waals surface area (Å²) in [5, 5.41) is 0.428. The van der Waals surface area contributed by atoms with E-state index in [2.05, 4.69) is 10.9 Å². The topological polar surface area (TPSA) is 103 Å². The molecule has 28 heavy (non-hydrogen) atoms. The minimum Gasteiger partial charge on any atom is -0.484 e. The molecule has 0 aliphatic rings. The Morgan fingerprint density at radius 2 is 1.82 bits per heavy atom. The van der Waals surface area contributed by atoms with Gasteiger partial charge in [0.25, 0.3) is 5.91 Å². The van der Waals surface area contributed by atoms with E-state index < -0.39 is 23.4 Å². The molecular formula is C18H15ClFN3O5. The normalized spacial score (nSPS) is 10.6. The third kappa shape index (κ3) is 4.89. The van der Waals surface area contributed by atoms with Crippen LogP contribution in [0.2, 0.25) is 5.02 Å². The highest BCUT2D eigenvalue weighted by atomic mass is 35.5. The zero-order valence-electron chi connectivity index (χ0n) is 14.4. The number of nitrogens with one attached hydrogen (secondary N) is 2. The van der Waals surface area contributed by atoms with Crippen molar-refractivity contribution in [2.24, 2.45) is 0 Å². The van der Waals surface area contributed by atoms with Crippen LogP contribution in [0.5, 0.6) is 5.75 Å². The minimum absolute atomic E-state index is 0.0568. The molecule has 1 heterocycles. The highest BCUT2D eigenvalue weighted by Crippen LogP contribution is 2.18. The number of carbonyl (C=O) groups excluding carboxylic acids is 2. The fourth-order valence-electron chi connectivity index (χ4n) is 2.38. The van der Waals surface area contributed by atoms with Gasteiger partial charge >= 0.3 is 5.76 Å². The van der Waals surface area contributed by atoms with E-state index in [9.17, 15) is 18.8 Å². The van der Waals surface area contributed by atoms with Crippen LogP contribution in [0.3, 0.4) is 0 Å². The molecule has 0 spiro atoms. The SMILES string of the molecule is O=C(CCn1c(=O)oc2cc(Cl)ccc21)NNC(=O)COc1ccc(F)cc1. The number of amides is 2. The van der Waals surface area contributed by atoms with Gasteiger partial charge in [-0.25, -0.2) is 9.18 Å². The molecule has 146 valence electrons. The molecule has 3 rings (SSSR count). The molecule has 8 nitrogen and oxygen atoms in total. The predicted molar refractivity (Wildman–Crippen MR) is 98.3 cm³/mol. The number of aromatic nitrogens is 1. The summed E-state index contributed by atoms with van der Waals surface area (Å²) in [7, 11) is 0. The van der Waals surface area contributed by atoms with Gasteiger partial charge in [0.15, 0.2) is 12.2 Å². The van der Waals surface area contributed by atoms with E-state index >= 15 is 0 Å². The fraction of sp³-hybridized carbons (Fsp3) is 0.167. The minimum atomic E-state index is -0.609. The quantitative estimate of drug-likeness (QED) is 0.608. The molecule has 0 unspecified atom stereocenters. The number of halogens is 2. The second-order valence-corrected chi connectivity index (χ2v) is 6.16. The van der Waals surface area contributed by atoms with Gasteiger partial charge in [0, 0.05) is 24.1 Å². The Balaban J connectivity index is 1.46. The Kier molecular flexibility index (Phi) is 5.95. The van der Waals surface area contributed by atoms with E-state index in [1.807, 2.05) is 0 Å². The number of aryl methyl sites for hydroxylation is 1. The van der Waals surface area contributed by atoms with Crippen molar-refractivity contribution in [3.8, 4) is 5.75 Å². The van der Waals surface area contributed by atoms with Gasteiger partial charge in [0.1, 0.15) is 11.6 Å². The lowest BCUT2D eigenvalue weighted by molar-refractivity contribution is -0.130. The van der Waals surface area contributed by atoms with Gasteiger partial charge in [-0.1, -0.05) is 11.6 Å². The molecule has 0 aliphatic heterocycles. The molecule has 2 N–H and O–H groups in total. The van der Waals surface area contributed by atoms with Crippen molar-refractivity contribution in [1.29, 1.82) is 0 Å². The van der Waals surface area contributed by atoms with Gasteiger partial charge in [-0.05, 0) is 36.4 Å². The Labute approximate surface area is 162 Å². The average Bonchev–Trinajstić information content (AvgIpc) is 2.98. The molecule has 10 heteroatoms. The van der Waals surface area contributed by atoms with Crippen molar-refractivity contribution in [2.75, 3.05) is 6.61 Å². The molecule has 0 aliphatic carbocycles. The van der Waals surface area contributed by atoms with E-state index in [1.54, 1.807) is 12.1 Å². The van der Waals surface area contributed by atoms with Crippen molar-refractivity contribution in [3.05, 3.63) is 63.9 Å². The number of oxazole rings is 1. The van der Waals surface area contributed by atoms with Crippen LogP contribution < -0.4 is 21.3 Å². The van der Waals surface area contributed by atoms with Crippen LogP contribution in [0, 0.1) is 5.82 Å². The van der Waals surface area contributed by atoms with Crippen LogP contribution in [-0.4, -0.2) is 23.0 Å². The van der Waals surface area contributed by atoms with Crippen LogP contribution in [-0.2, 0) is 16.1 Å². The van der Waals surface area contributed by atoms with Crippen LogP contribution in [0.25, 0.3) is 11.1 Å². The van der Waals surface area contributed by atoms with Crippen molar-refractivity contribution in [1.82, 2.24) is 15.4 Å². The summed E-state index contributed by atoms with van der Waals surface area (Å²) in [6.07, 6.45) is -0.0731. The Morgan fingerprint density at radius 3 is 2.57 bits per heavy atom. The third-order valence-corrected chi connectivity index (χ3v) is 3.95. The predicted octanol–water partition coefficient (Wildman–Crippen LogP) is 2.00. The largest absolute Gasteiger partial charge is 0.484 e. The molecule has 0 bridgehead atoms. The van der Waals surface area contributed by atoms with Crippen LogP contribution in [0.1, 0.15) is 6.42 Å². The summed E-state index contributed by atoms with van der Waals surface area (Å²) < 4.78 is 24.3. The highest BCUT2D eigenvalue weighted by Gasteiger charge is 2.12. The average molecular weight is 408 g/mol. The first-order chi connectivity index (χ1) is 13.4. The molecule has 3 aromatic rings.